The number of hydrogen-bond donors (Lipinski definition) is 1. The van der Waals surface area contributed by atoms with Gasteiger partial charge in [-0.15, -0.1) is 0 Å². The number of piperazine rings is 1. The summed E-state index contributed by atoms with van der Waals surface area (Å²) in [4.78, 5) is 0. The van der Waals surface area contributed by atoms with Crippen molar-refractivity contribution in [2.45, 2.75) is 0 Å². The Kier molecular flexibility index (Phi) is 2.14. The van der Waals surface area contributed by atoms with Gasteiger partial charge in [-0.05, 0) is 13.1 Å². The molecule has 1 fully saturated rings. The summed E-state index contributed by atoms with van der Waals surface area (Å²) in [6.07, 6.45) is 0. The van der Waals surface area contributed by atoms with Crippen LogP contribution in [-0.4, -0.2) is 46.6 Å². The monoisotopic (exact) mass is 116 g/mol. The third-order valence-corrected chi connectivity index (χ3v) is 2.24. The first-order valence-electron chi connectivity index (χ1n) is 2.79. The first-order chi connectivity index (χ1) is 3.39. The van der Waals surface area contributed by atoms with Crippen molar-refractivity contribution in [3.05, 3.63) is 0 Å². The summed E-state index contributed by atoms with van der Waals surface area (Å²) in [7, 11) is 0. The molecule has 1 saturated heterocycles. The van der Waals surface area contributed by atoms with Crippen LogP contribution in [0.15, 0.2) is 0 Å². The Labute approximate surface area is 54.0 Å². The Morgan fingerprint density at radius 1 is 1.43 bits per heavy atom. The highest BCUT2D eigenvalue weighted by Crippen LogP contribution is 1.81. The van der Waals surface area contributed by atoms with Gasteiger partial charge >= 0.3 is 16.5 Å². The normalized spacial score (nSPS) is 25.1. The fourth-order valence-corrected chi connectivity index (χ4v) is 1.22. The lowest BCUT2D eigenvalue weighted by Gasteiger charge is -2.23. The lowest BCUT2D eigenvalue weighted by molar-refractivity contribution is 0.383. The van der Waals surface area contributed by atoms with E-state index in [0.29, 0.717) is 0 Å². The smallest absolute Gasteiger partial charge is 0.321 e. The molecule has 1 heterocycles. The summed E-state index contributed by atoms with van der Waals surface area (Å²) in [5, 5.41) is 3.30. The Morgan fingerprint density at radius 3 is 2.29 bits per heavy atom. The van der Waals surface area contributed by atoms with Crippen LogP contribution in [0.3, 0.4) is 0 Å². The molecule has 1 aliphatic heterocycles. The van der Waals surface area contributed by atoms with Gasteiger partial charge in [0.05, 0.1) is 0 Å². The maximum atomic E-state index is 3.30. The van der Waals surface area contributed by atoms with Crippen LogP contribution in [0.25, 0.3) is 0 Å². The van der Waals surface area contributed by atoms with Crippen LogP contribution in [0.1, 0.15) is 1.43 Å². The van der Waals surface area contributed by atoms with Gasteiger partial charge in [-0.1, -0.05) is 0 Å². The number of nitrogens with one attached hydrogen (secondary N) is 1. The molecule has 0 aromatic rings. The lowest BCUT2D eigenvalue weighted by Crippen LogP contribution is -2.41. The average Bonchev–Trinajstić information content (AvgIpc) is 1.69. The van der Waals surface area contributed by atoms with Crippen LogP contribution in [0, 0.1) is 0 Å². The predicted octanol–water partition coefficient (Wildman–Crippen LogP) is -1.31. The van der Waals surface area contributed by atoms with Gasteiger partial charge in [0.1, 0.15) is 0 Å². The molecule has 0 aromatic carbocycles. The van der Waals surface area contributed by atoms with Gasteiger partial charge in [0.2, 0.25) is 0 Å². The van der Waals surface area contributed by atoms with E-state index in [0.717, 1.165) is 0 Å². The van der Waals surface area contributed by atoms with Gasteiger partial charge in [0.15, 0.2) is 0 Å². The summed E-state index contributed by atoms with van der Waals surface area (Å²) < 4.78 is 2.47. The van der Waals surface area contributed by atoms with Gasteiger partial charge in [-0.25, -0.2) is 0 Å². The van der Waals surface area contributed by atoms with E-state index in [9.17, 15) is 0 Å². The van der Waals surface area contributed by atoms with Gasteiger partial charge in [-0.2, -0.15) is 0 Å². The fraction of sp³-hybridized carbons (Fsp3) is 1.00. The molecule has 0 atom stereocenters. The average molecular weight is 116 g/mol. The van der Waals surface area contributed by atoms with Crippen molar-refractivity contribution in [2.75, 3.05) is 26.2 Å². The molecule has 0 spiro atoms. The van der Waals surface area contributed by atoms with E-state index in [1.807, 2.05) is 0 Å². The maximum Gasteiger partial charge on any atom is 0.321 e. The highest BCUT2D eigenvalue weighted by atomic mass is 27.1. The zero-order valence-electron chi connectivity index (χ0n) is 4.78. The van der Waals surface area contributed by atoms with E-state index in [1.165, 1.54) is 42.7 Å². The second-order valence-electron chi connectivity index (χ2n) is 2.05. The van der Waals surface area contributed by atoms with Crippen LogP contribution in [-0.2, 0) is 0 Å². The highest BCUT2D eigenvalue weighted by Gasteiger charge is 2.00. The van der Waals surface area contributed by atoms with Gasteiger partial charge in [0.25, 0.3) is 0 Å². The Morgan fingerprint density at radius 2 is 2.00 bits per heavy atom. The van der Waals surface area contributed by atoms with Crippen LogP contribution in [0.2, 0.25) is 0 Å². The van der Waals surface area contributed by atoms with Crippen molar-refractivity contribution in [2.24, 2.45) is 0 Å². The molecule has 1 N–H and O–H groups in total. The van der Waals surface area contributed by atoms with Gasteiger partial charge < -0.3 is 9.20 Å². The summed E-state index contributed by atoms with van der Waals surface area (Å²) in [6.45, 7) is 4.94. The zero-order valence-corrected chi connectivity index (χ0v) is 6.78. The van der Waals surface area contributed by atoms with Crippen molar-refractivity contribution in [3.8, 4) is 0 Å². The first kappa shape index (κ1) is 5.59. The molecule has 1 rings (SSSR count). The van der Waals surface area contributed by atoms with Crippen molar-refractivity contribution >= 4 is 16.5 Å². The quantitative estimate of drug-likeness (QED) is 0.395. The minimum atomic E-state index is 0. The predicted molar refractivity (Wildman–Crippen MR) is 35.1 cm³/mol. The molecule has 3 heteroatoms. The van der Waals surface area contributed by atoms with Crippen LogP contribution >= 0.6 is 0 Å². The molecule has 0 radical (unpaired) electrons. The van der Waals surface area contributed by atoms with E-state index >= 15 is 0 Å². The molecule has 7 heavy (non-hydrogen) atoms. The second-order valence-corrected chi connectivity index (χ2v) is 3.32. The Bertz CT molecular complexity index is 56.0. The molecule has 0 unspecified atom stereocenters. The lowest BCUT2D eigenvalue weighted by atomic mass is 10.4. The van der Waals surface area contributed by atoms with Crippen molar-refractivity contribution < 1.29 is 1.43 Å². The Hall–Kier alpha value is 0.452. The number of hydrogen-bond acceptors (Lipinski definition) is 2. The molecular weight excluding hydrogens is 103 g/mol. The second kappa shape index (κ2) is 2.69. The van der Waals surface area contributed by atoms with Gasteiger partial charge in [-0.3, -0.25) is 0 Å². The summed E-state index contributed by atoms with van der Waals surface area (Å²) in [5.41, 5.74) is 0. The largest absolute Gasteiger partial charge is 0.388 e. The third kappa shape index (κ3) is 1.79. The molecule has 0 aliphatic carbocycles. The van der Waals surface area contributed by atoms with Gasteiger partial charge in [0, 0.05) is 14.5 Å². The first-order valence-corrected chi connectivity index (χ1v) is 3.68. The maximum absolute atomic E-state index is 3.30. The van der Waals surface area contributed by atoms with E-state index in [4.69, 9.17) is 0 Å². The zero-order chi connectivity index (χ0) is 5.11. The SMILES string of the molecule is [AlH2][N]1CCNCC1.[HH]. The fourth-order valence-electron chi connectivity index (χ4n) is 0.777. The highest BCUT2D eigenvalue weighted by molar-refractivity contribution is 6.04. The topological polar surface area (TPSA) is 15.3 Å². The van der Waals surface area contributed by atoms with E-state index in [1.54, 1.807) is 0 Å². The summed E-state index contributed by atoms with van der Waals surface area (Å²) in [6, 6.07) is 0. The molecule has 0 amide bonds. The summed E-state index contributed by atoms with van der Waals surface area (Å²) in [5.74, 6) is 0. The van der Waals surface area contributed by atoms with Crippen molar-refractivity contribution in [1.29, 1.82) is 0 Å². The summed E-state index contributed by atoms with van der Waals surface area (Å²) >= 11 is 1.24. The van der Waals surface area contributed by atoms with Crippen LogP contribution in [0.4, 0.5) is 0 Å². The van der Waals surface area contributed by atoms with Crippen molar-refractivity contribution in [1.82, 2.24) is 9.20 Å². The standard InChI is InChI=1S/C4H9N2.Al.H2.2H/c1-2-6-4-3-5-1;;;;/h5H,1-4H2;;1H;;/q-1;+1;;;. The molecule has 1 aliphatic rings. The van der Waals surface area contributed by atoms with Crippen LogP contribution in [0.5, 0.6) is 0 Å². The molecule has 0 bridgehead atoms. The van der Waals surface area contributed by atoms with E-state index < -0.39 is 0 Å². The molecule has 0 aromatic heterocycles. The molecule has 2 nitrogen and oxygen atoms in total. The number of rotatable bonds is 0. The molecular formula is C4H13AlN2. The minimum absolute atomic E-state index is 0. The van der Waals surface area contributed by atoms with E-state index in [-0.39, 0.29) is 1.43 Å². The third-order valence-electron chi connectivity index (χ3n) is 1.34. The minimum Gasteiger partial charge on any atom is -0.388 e. The van der Waals surface area contributed by atoms with Crippen molar-refractivity contribution in [3.63, 3.8) is 0 Å². The molecule has 42 valence electrons. The molecule has 0 saturated carbocycles. The van der Waals surface area contributed by atoms with E-state index in [2.05, 4.69) is 9.20 Å². The Balaban J connectivity index is 0.000000490. The van der Waals surface area contributed by atoms with Crippen LogP contribution < -0.4 is 5.32 Å². The number of nitrogens with zero attached hydrogens (tertiary/aromatic N) is 1.